The van der Waals surface area contributed by atoms with Gasteiger partial charge in [0.1, 0.15) is 11.8 Å². The van der Waals surface area contributed by atoms with Crippen molar-refractivity contribution < 1.29 is 28.7 Å². The smallest absolute Gasteiger partial charge is 0.359 e. The van der Waals surface area contributed by atoms with Crippen molar-refractivity contribution in [3.8, 4) is 5.75 Å². The predicted molar refractivity (Wildman–Crippen MR) is 129 cm³/mol. The molecule has 1 aliphatic heterocycles. The minimum atomic E-state index is -1.11. The number of imide groups is 1. The number of nitrogens with zero attached hydrogens (tertiary/aromatic N) is 4. The maximum Gasteiger partial charge on any atom is 0.359 e. The number of carbonyl (C=O) groups is 4. The summed E-state index contributed by atoms with van der Waals surface area (Å²) in [6, 6.07) is 5.45. The van der Waals surface area contributed by atoms with E-state index in [0.29, 0.717) is 11.4 Å². The topological polar surface area (TPSA) is 119 Å². The largest absolute Gasteiger partial charge is 0.497 e. The van der Waals surface area contributed by atoms with Gasteiger partial charge in [0.05, 0.1) is 25.4 Å². The van der Waals surface area contributed by atoms with Crippen molar-refractivity contribution in [1.82, 2.24) is 14.9 Å². The van der Waals surface area contributed by atoms with Crippen molar-refractivity contribution in [2.75, 3.05) is 12.0 Å². The molecular formula is C26H30N4O6. The highest BCUT2D eigenvalue weighted by molar-refractivity contribution is 6.23. The van der Waals surface area contributed by atoms with E-state index in [1.165, 1.54) is 30.6 Å². The van der Waals surface area contributed by atoms with Gasteiger partial charge >= 0.3 is 5.97 Å². The number of amides is 3. The Bertz CT molecular complexity index is 1100. The van der Waals surface area contributed by atoms with E-state index in [1.807, 2.05) is 0 Å². The molecule has 1 aromatic heterocycles. The molecule has 0 spiro atoms. The third-order valence-electron chi connectivity index (χ3n) is 6.68. The Labute approximate surface area is 209 Å². The lowest BCUT2D eigenvalue weighted by atomic mass is 9.92. The highest BCUT2D eigenvalue weighted by atomic mass is 16.5. The van der Waals surface area contributed by atoms with Crippen molar-refractivity contribution >= 4 is 29.4 Å². The van der Waals surface area contributed by atoms with E-state index in [0.717, 1.165) is 37.0 Å². The molecule has 2 heterocycles. The lowest BCUT2D eigenvalue weighted by Gasteiger charge is -2.39. The number of esters is 1. The molecule has 2 unspecified atom stereocenters. The van der Waals surface area contributed by atoms with Crippen LogP contribution in [0.5, 0.6) is 5.75 Å². The molecule has 0 bridgehead atoms. The van der Waals surface area contributed by atoms with Crippen LogP contribution in [0.2, 0.25) is 0 Å². The van der Waals surface area contributed by atoms with Crippen LogP contribution in [0.25, 0.3) is 0 Å². The van der Waals surface area contributed by atoms with Gasteiger partial charge in [-0.05, 0) is 43.5 Å². The van der Waals surface area contributed by atoms with Crippen LogP contribution in [0, 0.1) is 0 Å². The summed E-state index contributed by atoms with van der Waals surface area (Å²) in [7, 11) is 1.53. The van der Waals surface area contributed by atoms with E-state index < -0.39 is 29.9 Å². The minimum absolute atomic E-state index is 0.00855. The van der Waals surface area contributed by atoms with Crippen LogP contribution in [0.3, 0.4) is 0 Å². The summed E-state index contributed by atoms with van der Waals surface area (Å²) in [5.74, 6) is -1.47. The average Bonchev–Trinajstić information content (AvgIpc) is 3.21. The van der Waals surface area contributed by atoms with E-state index in [-0.39, 0.29) is 30.5 Å². The zero-order valence-electron chi connectivity index (χ0n) is 20.5. The molecule has 190 valence electrons. The Morgan fingerprint density at radius 2 is 1.83 bits per heavy atom. The van der Waals surface area contributed by atoms with Gasteiger partial charge in [-0.25, -0.2) is 14.7 Å². The van der Waals surface area contributed by atoms with Crippen molar-refractivity contribution in [3.63, 3.8) is 0 Å². The van der Waals surface area contributed by atoms with Gasteiger partial charge in [-0.15, -0.1) is 0 Å². The fourth-order valence-corrected chi connectivity index (χ4v) is 4.85. The van der Waals surface area contributed by atoms with Crippen molar-refractivity contribution in [1.29, 1.82) is 0 Å². The molecule has 2 atom stereocenters. The van der Waals surface area contributed by atoms with Crippen molar-refractivity contribution in [3.05, 3.63) is 48.5 Å². The predicted octanol–water partition coefficient (Wildman–Crippen LogP) is 2.91. The first-order valence-corrected chi connectivity index (χ1v) is 12.2. The Hall–Kier alpha value is -3.82. The molecule has 1 saturated heterocycles. The summed E-state index contributed by atoms with van der Waals surface area (Å²) >= 11 is 0. The zero-order valence-corrected chi connectivity index (χ0v) is 20.5. The van der Waals surface area contributed by atoms with Gasteiger partial charge in [-0.1, -0.05) is 26.2 Å². The normalized spacial score (nSPS) is 19.2. The quantitative estimate of drug-likeness (QED) is 0.406. The van der Waals surface area contributed by atoms with E-state index in [4.69, 9.17) is 9.47 Å². The van der Waals surface area contributed by atoms with E-state index in [9.17, 15) is 19.2 Å². The van der Waals surface area contributed by atoms with Gasteiger partial charge in [-0.3, -0.25) is 19.4 Å². The lowest BCUT2D eigenvalue weighted by Crippen LogP contribution is -2.55. The van der Waals surface area contributed by atoms with Crippen LogP contribution in [-0.4, -0.2) is 63.9 Å². The maximum absolute atomic E-state index is 13.8. The number of aromatic nitrogens is 2. The number of carbonyl (C=O) groups excluding carboxylic acids is 4. The first-order chi connectivity index (χ1) is 17.4. The molecule has 2 aromatic rings. The molecule has 10 heteroatoms. The van der Waals surface area contributed by atoms with Crippen LogP contribution in [0.1, 0.15) is 62.4 Å². The number of hydrogen-bond acceptors (Lipinski definition) is 8. The number of hydrogen-bond donors (Lipinski definition) is 0. The number of anilines is 1. The number of benzene rings is 1. The summed E-state index contributed by atoms with van der Waals surface area (Å²) in [6.07, 6.45) is 7.37. The third-order valence-corrected chi connectivity index (χ3v) is 6.68. The Balaban J connectivity index is 1.60. The van der Waals surface area contributed by atoms with Crippen LogP contribution in [0.15, 0.2) is 42.9 Å². The fourth-order valence-electron chi connectivity index (χ4n) is 4.85. The second-order valence-electron chi connectivity index (χ2n) is 8.92. The van der Waals surface area contributed by atoms with Gasteiger partial charge in [0.25, 0.3) is 11.8 Å². The van der Waals surface area contributed by atoms with Crippen molar-refractivity contribution in [2.24, 2.45) is 0 Å². The molecule has 0 N–H and O–H groups in total. The van der Waals surface area contributed by atoms with Crippen molar-refractivity contribution in [2.45, 2.75) is 70.1 Å². The minimum Gasteiger partial charge on any atom is -0.497 e. The average molecular weight is 495 g/mol. The van der Waals surface area contributed by atoms with E-state index >= 15 is 0 Å². The molecule has 10 nitrogen and oxygen atoms in total. The SMILES string of the molecule is CCC(OC(=O)c1cnccn1)C(=O)N(C1CCCCC1)C1CC(=O)N(c2ccc(OC)cc2)C1=O. The molecular weight excluding hydrogens is 464 g/mol. The van der Waals surface area contributed by atoms with E-state index in [1.54, 1.807) is 31.2 Å². The Morgan fingerprint density at radius 1 is 1.11 bits per heavy atom. The summed E-state index contributed by atoms with van der Waals surface area (Å²) in [5, 5.41) is 0. The Kier molecular flexibility index (Phi) is 7.92. The van der Waals surface area contributed by atoms with Gasteiger partial charge in [-0.2, -0.15) is 0 Å². The summed E-state index contributed by atoms with van der Waals surface area (Å²) in [4.78, 5) is 63.4. The molecule has 1 aliphatic carbocycles. The first-order valence-electron chi connectivity index (χ1n) is 12.2. The van der Waals surface area contributed by atoms with Gasteiger partial charge < -0.3 is 14.4 Å². The number of methoxy groups -OCH3 is 1. The van der Waals surface area contributed by atoms with Crippen LogP contribution in [-0.2, 0) is 19.1 Å². The fraction of sp³-hybridized carbons (Fsp3) is 0.462. The van der Waals surface area contributed by atoms with E-state index in [2.05, 4.69) is 9.97 Å². The Morgan fingerprint density at radius 3 is 2.44 bits per heavy atom. The molecule has 3 amide bonds. The van der Waals surface area contributed by atoms with Gasteiger partial charge in [0.15, 0.2) is 11.8 Å². The molecule has 4 rings (SSSR count). The molecule has 0 radical (unpaired) electrons. The molecule has 2 aliphatic rings. The van der Waals surface area contributed by atoms with Gasteiger partial charge in [0.2, 0.25) is 5.91 Å². The molecule has 2 fully saturated rings. The first kappa shape index (κ1) is 25.3. The third kappa shape index (κ3) is 5.22. The van der Waals surface area contributed by atoms with Gasteiger partial charge in [0, 0.05) is 18.4 Å². The second-order valence-corrected chi connectivity index (χ2v) is 8.92. The summed E-state index contributed by atoms with van der Waals surface area (Å²) < 4.78 is 10.7. The highest BCUT2D eigenvalue weighted by Gasteiger charge is 2.48. The summed E-state index contributed by atoms with van der Waals surface area (Å²) in [6.45, 7) is 1.73. The molecule has 1 aromatic carbocycles. The van der Waals surface area contributed by atoms with Crippen LogP contribution >= 0.6 is 0 Å². The van der Waals surface area contributed by atoms with Crippen LogP contribution < -0.4 is 9.64 Å². The number of ether oxygens (including phenoxy) is 2. The molecule has 1 saturated carbocycles. The number of rotatable bonds is 8. The highest BCUT2D eigenvalue weighted by Crippen LogP contribution is 2.32. The standard InChI is InChI=1S/C26H30N4O6/c1-3-22(36-26(34)20-16-27-13-14-28-20)25(33)29(17-7-5-4-6-8-17)21-15-23(31)30(24(21)32)18-9-11-19(35-2)12-10-18/h9-14,16-17,21-22H,3-8,15H2,1-2H3. The second kappa shape index (κ2) is 11.3. The maximum atomic E-state index is 13.8. The summed E-state index contributed by atoms with van der Waals surface area (Å²) in [5.41, 5.74) is 0.413. The van der Waals surface area contributed by atoms with Crippen LogP contribution in [0.4, 0.5) is 5.69 Å². The monoisotopic (exact) mass is 494 g/mol. The lowest BCUT2D eigenvalue weighted by molar-refractivity contribution is -0.150. The zero-order chi connectivity index (χ0) is 25.7. The molecule has 36 heavy (non-hydrogen) atoms.